The fourth-order valence-electron chi connectivity index (χ4n) is 4.33. The van der Waals surface area contributed by atoms with Crippen LogP contribution in [0.2, 0.25) is 0 Å². The van der Waals surface area contributed by atoms with E-state index in [9.17, 15) is 5.11 Å². The summed E-state index contributed by atoms with van der Waals surface area (Å²) in [5.74, 6) is 0. The molecule has 3 aliphatic rings. The number of hydrogen-bond acceptors (Lipinski definition) is 4. The first-order chi connectivity index (χ1) is 10.2. The Labute approximate surface area is 125 Å². The molecule has 114 valence electrons. The minimum absolute atomic E-state index is 0.317. The fraction of sp³-hybridized carbons (Fsp3) is 0.647. The van der Waals surface area contributed by atoms with E-state index >= 15 is 0 Å². The van der Waals surface area contributed by atoms with Crippen LogP contribution in [0.3, 0.4) is 0 Å². The second-order valence-corrected chi connectivity index (χ2v) is 6.65. The molecule has 1 aromatic rings. The molecule has 0 spiro atoms. The Morgan fingerprint density at radius 1 is 1.10 bits per heavy atom. The molecule has 4 heteroatoms. The molecule has 4 nitrogen and oxygen atoms in total. The molecule has 2 unspecified atom stereocenters. The number of fused-ring (bicyclic) bond motifs is 2. The number of piperidine rings is 1. The molecule has 2 bridgehead atoms. The summed E-state index contributed by atoms with van der Waals surface area (Å²) in [6, 6.07) is 9.07. The molecule has 1 N–H and O–H groups in total. The van der Waals surface area contributed by atoms with Crippen molar-refractivity contribution in [2.24, 2.45) is 0 Å². The van der Waals surface area contributed by atoms with Gasteiger partial charge in [0.25, 0.3) is 0 Å². The van der Waals surface area contributed by atoms with Crippen molar-refractivity contribution >= 4 is 0 Å². The number of nitrogens with zero attached hydrogens (tertiary/aromatic N) is 1. The summed E-state index contributed by atoms with van der Waals surface area (Å²) in [6.45, 7) is 1.26. The van der Waals surface area contributed by atoms with E-state index in [0.29, 0.717) is 25.3 Å². The predicted molar refractivity (Wildman–Crippen MR) is 78.8 cm³/mol. The van der Waals surface area contributed by atoms with Crippen LogP contribution in [0.1, 0.15) is 43.1 Å². The third-order valence-corrected chi connectivity index (χ3v) is 5.47. The van der Waals surface area contributed by atoms with Crippen LogP contribution in [0.15, 0.2) is 24.3 Å². The van der Waals surface area contributed by atoms with Crippen LogP contribution in [0.4, 0.5) is 0 Å². The van der Waals surface area contributed by atoms with Gasteiger partial charge in [0.05, 0.1) is 18.8 Å². The molecule has 0 aliphatic carbocycles. The molecule has 3 saturated heterocycles. The zero-order valence-corrected chi connectivity index (χ0v) is 12.5. The number of hydrogen-bond donors (Lipinski definition) is 1. The standard InChI is InChI=1S/C17H23NO3/c1-18-12-6-7-13(18)11-17(19,10-12)15-5-3-2-4-14(15)16-20-8-9-21-16/h2-5,12-13,16,19H,6-11H2,1H3. The van der Waals surface area contributed by atoms with Crippen LogP contribution in [0, 0.1) is 0 Å². The van der Waals surface area contributed by atoms with Gasteiger partial charge in [0.2, 0.25) is 0 Å². The second-order valence-electron chi connectivity index (χ2n) is 6.65. The lowest BCUT2D eigenvalue weighted by molar-refractivity contribution is -0.0663. The van der Waals surface area contributed by atoms with Crippen LogP contribution < -0.4 is 0 Å². The maximum atomic E-state index is 11.3. The molecule has 0 radical (unpaired) electrons. The zero-order valence-electron chi connectivity index (χ0n) is 12.5. The molecule has 3 aliphatic heterocycles. The second kappa shape index (κ2) is 5.06. The largest absolute Gasteiger partial charge is 0.385 e. The molecule has 4 rings (SSSR count). The fourth-order valence-corrected chi connectivity index (χ4v) is 4.33. The van der Waals surface area contributed by atoms with Crippen molar-refractivity contribution in [2.75, 3.05) is 20.3 Å². The third-order valence-electron chi connectivity index (χ3n) is 5.47. The third kappa shape index (κ3) is 2.21. The monoisotopic (exact) mass is 289 g/mol. The van der Waals surface area contributed by atoms with Crippen molar-refractivity contribution in [1.82, 2.24) is 4.90 Å². The predicted octanol–water partition coefficient (Wildman–Crippen LogP) is 2.18. The van der Waals surface area contributed by atoms with Crippen molar-refractivity contribution < 1.29 is 14.6 Å². The average molecular weight is 289 g/mol. The summed E-state index contributed by atoms with van der Waals surface area (Å²) in [4.78, 5) is 2.44. The minimum Gasteiger partial charge on any atom is -0.385 e. The normalized spacial score (nSPS) is 37.2. The topological polar surface area (TPSA) is 41.9 Å². The first-order valence-corrected chi connectivity index (χ1v) is 7.94. The summed E-state index contributed by atoms with van der Waals surface area (Å²) in [5, 5.41) is 11.3. The lowest BCUT2D eigenvalue weighted by Crippen LogP contribution is -2.48. The highest BCUT2D eigenvalue weighted by Crippen LogP contribution is 2.47. The number of benzene rings is 1. The number of aliphatic hydroxyl groups is 1. The van der Waals surface area contributed by atoms with Gasteiger partial charge in [0.15, 0.2) is 6.29 Å². The summed E-state index contributed by atoms with van der Waals surface area (Å²) < 4.78 is 11.3. The molecule has 0 aromatic heterocycles. The van der Waals surface area contributed by atoms with Gasteiger partial charge in [0.1, 0.15) is 0 Å². The SMILES string of the molecule is CN1C2CCC1CC(O)(c1ccccc1C1OCCO1)C2. The Hall–Kier alpha value is -0.940. The van der Waals surface area contributed by atoms with Crippen LogP contribution in [-0.4, -0.2) is 42.4 Å². The van der Waals surface area contributed by atoms with Gasteiger partial charge in [-0.15, -0.1) is 0 Å². The average Bonchev–Trinajstić information content (AvgIpc) is 3.08. The Morgan fingerprint density at radius 3 is 2.38 bits per heavy atom. The van der Waals surface area contributed by atoms with E-state index in [-0.39, 0.29) is 6.29 Å². The van der Waals surface area contributed by atoms with Crippen molar-refractivity contribution in [3.63, 3.8) is 0 Å². The van der Waals surface area contributed by atoms with E-state index in [4.69, 9.17) is 9.47 Å². The zero-order chi connectivity index (χ0) is 14.4. The van der Waals surface area contributed by atoms with Crippen molar-refractivity contribution in [3.05, 3.63) is 35.4 Å². The summed E-state index contributed by atoms with van der Waals surface area (Å²) >= 11 is 0. The Bertz CT molecular complexity index is 513. The van der Waals surface area contributed by atoms with E-state index in [1.807, 2.05) is 24.3 Å². The lowest BCUT2D eigenvalue weighted by atomic mass is 9.78. The minimum atomic E-state index is -0.746. The highest BCUT2D eigenvalue weighted by molar-refractivity contribution is 5.35. The molecule has 0 saturated carbocycles. The van der Waals surface area contributed by atoms with Crippen LogP contribution in [0.25, 0.3) is 0 Å². The van der Waals surface area contributed by atoms with E-state index in [1.165, 1.54) is 12.8 Å². The maximum Gasteiger partial charge on any atom is 0.184 e. The Balaban J connectivity index is 1.70. The maximum absolute atomic E-state index is 11.3. The summed E-state index contributed by atoms with van der Waals surface area (Å²) in [7, 11) is 2.19. The molecular formula is C17H23NO3. The Kier molecular flexibility index (Phi) is 3.30. The van der Waals surface area contributed by atoms with Gasteiger partial charge in [-0.25, -0.2) is 0 Å². The van der Waals surface area contributed by atoms with Gasteiger partial charge < -0.3 is 19.5 Å². The molecular weight excluding hydrogens is 266 g/mol. The highest BCUT2D eigenvalue weighted by atomic mass is 16.7. The van der Waals surface area contributed by atoms with Gasteiger partial charge >= 0.3 is 0 Å². The van der Waals surface area contributed by atoms with Crippen LogP contribution in [-0.2, 0) is 15.1 Å². The van der Waals surface area contributed by atoms with Gasteiger partial charge in [-0.2, -0.15) is 0 Å². The molecule has 3 fully saturated rings. The van der Waals surface area contributed by atoms with Gasteiger partial charge in [0, 0.05) is 17.6 Å². The smallest absolute Gasteiger partial charge is 0.184 e. The van der Waals surface area contributed by atoms with E-state index in [0.717, 1.165) is 24.0 Å². The van der Waals surface area contributed by atoms with Crippen molar-refractivity contribution in [3.8, 4) is 0 Å². The van der Waals surface area contributed by atoms with E-state index in [1.54, 1.807) is 0 Å². The van der Waals surface area contributed by atoms with Gasteiger partial charge in [-0.3, -0.25) is 0 Å². The summed E-state index contributed by atoms with van der Waals surface area (Å²) in [5.41, 5.74) is 1.26. The molecule has 21 heavy (non-hydrogen) atoms. The van der Waals surface area contributed by atoms with Crippen molar-refractivity contribution in [1.29, 1.82) is 0 Å². The first-order valence-electron chi connectivity index (χ1n) is 7.94. The van der Waals surface area contributed by atoms with Gasteiger partial charge in [-0.05, 0) is 38.3 Å². The number of rotatable bonds is 2. The first kappa shape index (κ1) is 13.7. The molecule has 0 amide bonds. The molecule has 2 atom stereocenters. The van der Waals surface area contributed by atoms with E-state index < -0.39 is 5.60 Å². The van der Waals surface area contributed by atoms with Crippen molar-refractivity contribution in [2.45, 2.75) is 49.7 Å². The van der Waals surface area contributed by atoms with Crippen LogP contribution in [0.5, 0.6) is 0 Å². The quantitative estimate of drug-likeness (QED) is 0.906. The highest BCUT2D eigenvalue weighted by Gasteiger charge is 2.48. The Morgan fingerprint density at radius 2 is 1.71 bits per heavy atom. The van der Waals surface area contributed by atoms with E-state index in [2.05, 4.69) is 11.9 Å². The van der Waals surface area contributed by atoms with Gasteiger partial charge in [-0.1, -0.05) is 24.3 Å². The molecule has 3 heterocycles. The number of ether oxygens (including phenoxy) is 2. The summed E-state index contributed by atoms with van der Waals surface area (Å²) in [6.07, 6.45) is 3.69. The lowest BCUT2D eigenvalue weighted by Gasteiger charge is -2.43. The van der Waals surface area contributed by atoms with Crippen LogP contribution >= 0.6 is 0 Å². The molecule has 1 aromatic carbocycles.